The summed E-state index contributed by atoms with van der Waals surface area (Å²) in [6.45, 7) is 3.82. The van der Waals surface area contributed by atoms with E-state index < -0.39 is 0 Å². The minimum absolute atomic E-state index is 1.12. The third kappa shape index (κ3) is 18.1. The highest BCUT2D eigenvalue weighted by Crippen LogP contribution is 2.10. The molecule has 0 aromatic rings. The van der Waals surface area contributed by atoms with E-state index in [0.717, 1.165) is 4.48 Å². The number of rotatable bonds is 15. The summed E-state index contributed by atoms with van der Waals surface area (Å²) in [7, 11) is 8.24. The second-order valence-corrected chi connectivity index (χ2v) is 8.30. The van der Waals surface area contributed by atoms with E-state index in [1.54, 1.807) is 0 Å². The van der Waals surface area contributed by atoms with Gasteiger partial charge >= 0.3 is 0 Å². The minimum Gasteiger partial charge on any atom is -0.331 e. The summed E-state index contributed by atoms with van der Waals surface area (Å²) in [6, 6.07) is 1.45. The molecule has 0 aliphatic carbocycles. The zero-order valence-corrected chi connectivity index (χ0v) is 16.8. The molecule has 0 aromatic carbocycles. The van der Waals surface area contributed by atoms with Gasteiger partial charge in [-0.05, 0) is 38.8 Å². The van der Waals surface area contributed by atoms with Crippen molar-refractivity contribution in [1.82, 2.24) is 5.32 Å². The van der Waals surface area contributed by atoms with E-state index >= 15 is 0 Å². The summed E-state index contributed by atoms with van der Waals surface area (Å²) in [5.41, 5.74) is 0. The van der Waals surface area contributed by atoms with Gasteiger partial charge in [-0.2, -0.15) is 0 Å². The average Bonchev–Trinajstić information content (AvgIpc) is 2.38. The normalized spacial score (nSPS) is 12.2. The Hall–Kier alpha value is 0.137. The molecule has 0 unspecified atom stereocenters. The Labute approximate surface area is 131 Å². The molecule has 2 nitrogen and oxygen atoms in total. The molecule has 0 aromatic heterocycles. The van der Waals surface area contributed by atoms with Crippen LogP contribution in [-0.2, 0) is 0 Å². The lowest BCUT2D eigenvalue weighted by Gasteiger charge is -2.23. The Morgan fingerprint density at radius 2 is 1.10 bits per heavy atom. The Kier molecular flexibility index (Phi) is 14.2. The van der Waals surface area contributed by atoms with Crippen LogP contribution in [-0.4, -0.2) is 55.5 Å². The van der Waals surface area contributed by atoms with Gasteiger partial charge in [0.05, 0.1) is 27.7 Å². The van der Waals surface area contributed by atoms with Gasteiger partial charge in [0.1, 0.15) is 0 Å². The summed E-state index contributed by atoms with van der Waals surface area (Å²) in [5, 5.41) is 3.54. The van der Waals surface area contributed by atoms with E-state index in [4.69, 9.17) is 0 Å². The smallest absolute Gasteiger partial charge is 0.0780 e. The third-order valence-electron chi connectivity index (χ3n) is 3.89. The number of hydrogen-bond donors (Lipinski definition) is 1. The second kappa shape index (κ2) is 14.1. The predicted molar refractivity (Wildman–Crippen MR) is 96.7 cm³/mol. The van der Waals surface area contributed by atoms with Gasteiger partial charge in [-0.15, -0.1) is 0 Å². The van der Waals surface area contributed by atoms with Crippen LogP contribution in [0.15, 0.2) is 0 Å². The first-order chi connectivity index (χ1) is 9.56. The van der Waals surface area contributed by atoms with Crippen LogP contribution < -0.4 is 5.32 Å². The highest BCUT2D eigenvalue weighted by Gasteiger charge is 2.04. The quantitative estimate of drug-likeness (QED) is 0.279. The van der Waals surface area contributed by atoms with Crippen molar-refractivity contribution in [3.63, 3.8) is 0 Å². The Balaban J connectivity index is 2.99. The van der Waals surface area contributed by atoms with Crippen LogP contribution in [0, 0.1) is 0 Å². The van der Waals surface area contributed by atoms with Crippen molar-refractivity contribution in [2.75, 3.05) is 40.8 Å². The molecule has 1 N–H and O–H groups in total. The average molecular weight is 302 g/mol. The van der Waals surface area contributed by atoms with Crippen LogP contribution in [0.3, 0.4) is 0 Å². The first-order valence-electron chi connectivity index (χ1n) is 9.07. The van der Waals surface area contributed by atoms with Crippen LogP contribution in [0.1, 0.15) is 64.2 Å². The Morgan fingerprint density at radius 1 is 0.650 bits per heavy atom. The Morgan fingerprint density at radius 3 is 1.60 bits per heavy atom. The summed E-state index contributed by atoms with van der Waals surface area (Å²) in [4.78, 5) is 0. The van der Waals surface area contributed by atoms with E-state index in [9.17, 15) is 0 Å². The minimum atomic E-state index is 1.12. The molecule has 0 rings (SSSR count). The third-order valence-corrected chi connectivity index (χ3v) is 4.60. The van der Waals surface area contributed by atoms with E-state index in [0.29, 0.717) is 0 Å². The molecule has 20 heavy (non-hydrogen) atoms. The molecule has 0 bridgehead atoms. The first kappa shape index (κ1) is 20.1. The zero-order chi connectivity index (χ0) is 15.1. The van der Waals surface area contributed by atoms with Gasteiger partial charge in [-0.3, -0.25) is 0 Å². The van der Waals surface area contributed by atoms with Gasteiger partial charge < -0.3 is 9.80 Å². The highest BCUT2D eigenvalue weighted by atomic mass is 28.1. The van der Waals surface area contributed by atoms with Gasteiger partial charge in [0.15, 0.2) is 0 Å². The first-order valence-corrected chi connectivity index (χ1v) is 10.5. The molecular weight excluding hydrogens is 260 g/mol. The van der Waals surface area contributed by atoms with E-state index in [2.05, 4.69) is 26.5 Å². The lowest BCUT2D eigenvalue weighted by molar-refractivity contribution is -0.870. The molecular formula is C17H41N2Si+. The van der Waals surface area contributed by atoms with Crippen LogP contribution in [0.2, 0.25) is 6.04 Å². The van der Waals surface area contributed by atoms with Crippen LogP contribution >= 0.6 is 0 Å². The van der Waals surface area contributed by atoms with E-state index in [-0.39, 0.29) is 0 Å². The van der Waals surface area contributed by atoms with Crippen molar-refractivity contribution in [2.45, 2.75) is 70.3 Å². The number of nitrogens with one attached hydrogen (secondary N) is 1. The van der Waals surface area contributed by atoms with E-state index in [1.165, 1.54) is 100 Å². The van der Waals surface area contributed by atoms with Crippen molar-refractivity contribution < 1.29 is 4.48 Å². The van der Waals surface area contributed by atoms with Crippen molar-refractivity contribution in [3.05, 3.63) is 0 Å². The fraction of sp³-hybridized carbons (Fsp3) is 1.00. The van der Waals surface area contributed by atoms with Crippen LogP contribution in [0.5, 0.6) is 0 Å². The van der Waals surface area contributed by atoms with Gasteiger partial charge in [0, 0.05) is 10.2 Å². The van der Waals surface area contributed by atoms with Crippen molar-refractivity contribution >= 4 is 10.2 Å². The topological polar surface area (TPSA) is 12.0 Å². The van der Waals surface area contributed by atoms with Gasteiger partial charge in [0.2, 0.25) is 0 Å². The molecule has 122 valence electrons. The molecule has 0 fully saturated rings. The molecule has 0 aliphatic heterocycles. The monoisotopic (exact) mass is 301 g/mol. The number of nitrogens with zero attached hydrogens (tertiary/aromatic N) is 1. The summed E-state index contributed by atoms with van der Waals surface area (Å²) in [5.74, 6) is 0. The van der Waals surface area contributed by atoms with Gasteiger partial charge in [-0.25, -0.2) is 0 Å². The molecule has 0 aliphatic rings. The van der Waals surface area contributed by atoms with Crippen LogP contribution in [0.4, 0.5) is 0 Å². The number of quaternary nitrogens is 1. The maximum absolute atomic E-state index is 3.54. The second-order valence-electron chi connectivity index (χ2n) is 7.30. The van der Waals surface area contributed by atoms with Crippen molar-refractivity contribution in [3.8, 4) is 0 Å². The molecule has 3 heteroatoms. The van der Waals surface area contributed by atoms with Gasteiger partial charge in [0.25, 0.3) is 0 Å². The number of unbranched alkanes of at least 4 members (excludes halogenated alkanes) is 8. The molecule has 0 spiro atoms. The fourth-order valence-electron chi connectivity index (χ4n) is 2.50. The summed E-state index contributed by atoms with van der Waals surface area (Å²) < 4.78 is 1.12. The highest BCUT2D eigenvalue weighted by molar-refractivity contribution is 6.08. The molecule has 0 atom stereocenters. The summed E-state index contributed by atoms with van der Waals surface area (Å²) in [6.07, 6.45) is 14.3. The fourth-order valence-corrected chi connectivity index (χ4v) is 2.85. The Bertz CT molecular complexity index is 190. The lowest BCUT2D eigenvalue weighted by Crippen LogP contribution is -2.35. The maximum atomic E-state index is 3.54. The standard InChI is InChI=1S/C17H41N2Si/c1-19(2,3)16-12-10-8-6-4-5-7-9-11-14-18-15-13-17-20/h18H,4-17H2,1-3,20H3/q+1. The lowest BCUT2D eigenvalue weighted by atomic mass is 10.1. The van der Waals surface area contributed by atoms with Crippen molar-refractivity contribution in [1.29, 1.82) is 0 Å². The molecule has 0 heterocycles. The molecule has 0 amide bonds. The predicted octanol–water partition coefficient (Wildman–Crippen LogP) is 2.97. The maximum Gasteiger partial charge on any atom is 0.0780 e. The van der Waals surface area contributed by atoms with Crippen LogP contribution in [0.25, 0.3) is 0 Å². The zero-order valence-electron chi connectivity index (χ0n) is 14.8. The van der Waals surface area contributed by atoms with Gasteiger partial charge in [-0.1, -0.05) is 44.6 Å². The molecule has 0 radical (unpaired) electrons. The molecule has 0 saturated carbocycles. The number of hydrogen-bond acceptors (Lipinski definition) is 1. The summed E-state index contributed by atoms with van der Waals surface area (Å²) >= 11 is 0. The largest absolute Gasteiger partial charge is 0.331 e. The molecule has 0 saturated heterocycles. The van der Waals surface area contributed by atoms with Crippen molar-refractivity contribution in [2.24, 2.45) is 0 Å². The van der Waals surface area contributed by atoms with E-state index in [1.807, 2.05) is 0 Å². The SMILES string of the molecule is C[N+](C)(C)CCCCCCCCCCCNCCC[SiH3].